The van der Waals surface area contributed by atoms with Crippen LogP contribution in [0.25, 0.3) is 0 Å². The molecule has 5 heteroatoms. The van der Waals surface area contributed by atoms with Crippen molar-refractivity contribution < 1.29 is 14.7 Å². The molecule has 0 aromatic carbocycles. The number of hydrogen-bond acceptors (Lipinski definition) is 2. The van der Waals surface area contributed by atoms with Gasteiger partial charge in [0.05, 0.1) is 0 Å². The second-order valence-corrected chi connectivity index (χ2v) is 4.32. The Bertz CT molecular complexity index is 264. The van der Waals surface area contributed by atoms with Gasteiger partial charge >= 0.3 is 12.0 Å². The molecular weight excluding hydrogens is 208 g/mol. The Morgan fingerprint density at radius 3 is 2.56 bits per heavy atom. The average molecular weight is 228 g/mol. The first-order valence-corrected chi connectivity index (χ1v) is 5.82. The molecule has 1 rings (SSSR count). The lowest BCUT2D eigenvalue weighted by molar-refractivity contribution is -0.139. The number of carboxylic acid groups (broad SMARTS) is 1. The molecule has 1 saturated carbocycles. The van der Waals surface area contributed by atoms with Gasteiger partial charge in [0.2, 0.25) is 0 Å². The highest BCUT2D eigenvalue weighted by Crippen LogP contribution is 2.25. The van der Waals surface area contributed by atoms with Crippen LogP contribution in [-0.2, 0) is 4.79 Å². The van der Waals surface area contributed by atoms with E-state index in [1.54, 1.807) is 11.9 Å². The Morgan fingerprint density at radius 2 is 2.12 bits per heavy atom. The minimum absolute atomic E-state index is 0.272. The number of carbonyl (C=O) groups excluding carboxylic acids is 1. The van der Waals surface area contributed by atoms with Gasteiger partial charge in [0.1, 0.15) is 6.04 Å². The van der Waals surface area contributed by atoms with Gasteiger partial charge in [0.25, 0.3) is 0 Å². The molecule has 0 heterocycles. The number of unbranched alkanes of at least 4 members (excludes halogenated alkanes) is 1. The number of amides is 2. The lowest BCUT2D eigenvalue weighted by atomic mass is 10.1. The summed E-state index contributed by atoms with van der Waals surface area (Å²) in [6, 6.07) is -0.722. The van der Waals surface area contributed by atoms with E-state index in [9.17, 15) is 9.59 Å². The summed E-state index contributed by atoms with van der Waals surface area (Å²) in [6.07, 6.45) is 4.28. The topological polar surface area (TPSA) is 69.6 Å². The van der Waals surface area contributed by atoms with E-state index in [1.807, 2.05) is 6.92 Å². The third kappa shape index (κ3) is 3.72. The SMILES string of the molecule is CCCC[C@H](NC(=O)N(C)C1CC1)C(=O)O. The zero-order valence-corrected chi connectivity index (χ0v) is 9.90. The van der Waals surface area contributed by atoms with E-state index >= 15 is 0 Å². The summed E-state index contributed by atoms with van der Waals surface area (Å²) in [5, 5.41) is 11.5. The predicted octanol–water partition coefficient (Wildman–Crippen LogP) is 1.43. The van der Waals surface area contributed by atoms with E-state index in [0.29, 0.717) is 12.5 Å². The molecule has 1 aliphatic carbocycles. The highest BCUT2D eigenvalue weighted by molar-refractivity contribution is 5.82. The minimum Gasteiger partial charge on any atom is -0.480 e. The second-order valence-electron chi connectivity index (χ2n) is 4.32. The molecule has 0 aromatic rings. The highest BCUT2D eigenvalue weighted by atomic mass is 16.4. The fraction of sp³-hybridized carbons (Fsp3) is 0.818. The first kappa shape index (κ1) is 12.8. The number of hydrogen-bond donors (Lipinski definition) is 2. The zero-order chi connectivity index (χ0) is 12.1. The fourth-order valence-electron chi connectivity index (χ4n) is 1.54. The number of aliphatic carboxylic acids is 1. The molecule has 1 aliphatic rings. The van der Waals surface area contributed by atoms with Crippen LogP contribution < -0.4 is 5.32 Å². The third-order valence-electron chi connectivity index (χ3n) is 2.86. The van der Waals surface area contributed by atoms with Crippen LogP contribution >= 0.6 is 0 Å². The van der Waals surface area contributed by atoms with Crippen LogP contribution in [0.3, 0.4) is 0 Å². The van der Waals surface area contributed by atoms with E-state index in [-0.39, 0.29) is 6.03 Å². The molecule has 5 nitrogen and oxygen atoms in total. The third-order valence-corrected chi connectivity index (χ3v) is 2.86. The van der Waals surface area contributed by atoms with Crippen molar-refractivity contribution in [1.82, 2.24) is 10.2 Å². The maximum absolute atomic E-state index is 11.7. The normalized spacial score (nSPS) is 16.6. The summed E-state index contributed by atoms with van der Waals surface area (Å²) in [4.78, 5) is 24.2. The van der Waals surface area contributed by atoms with E-state index in [0.717, 1.165) is 25.7 Å². The molecule has 0 saturated heterocycles. The molecule has 0 spiro atoms. The number of carboxylic acids is 1. The van der Waals surface area contributed by atoms with Crippen molar-refractivity contribution in [3.05, 3.63) is 0 Å². The smallest absolute Gasteiger partial charge is 0.326 e. The standard InChI is InChI=1S/C11H20N2O3/c1-3-4-5-9(10(14)15)12-11(16)13(2)8-6-7-8/h8-9H,3-7H2,1-2H3,(H,12,16)(H,14,15)/t9-/m0/s1. The molecule has 0 aliphatic heterocycles. The van der Waals surface area contributed by atoms with Gasteiger partial charge in [-0.2, -0.15) is 0 Å². The van der Waals surface area contributed by atoms with Crippen molar-refractivity contribution in [2.45, 2.75) is 51.1 Å². The molecule has 1 atom stereocenters. The molecule has 0 aromatic heterocycles. The van der Waals surface area contributed by atoms with Crippen LogP contribution in [0.4, 0.5) is 4.79 Å². The van der Waals surface area contributed by atoms with E-state index < -0.39 is 12.0 Å². The van der Waals surface area contributed by atoms with Crippen LogP contribution in [0, 0.1) is 0 Å². The minimum atomic E-state index is -0.953. The number of nitrogens with zero attached hydrogens (tertiary/aromatic N) is 1. The highest BCUT2D eigenvalue weighted by Gasteiger charge is 2.31. The van der Waals surface area contributed by atoms with E-state index in [4.69, 9.17) is 5.11 Å². The maximum Gasteiger partial charge on any atom is 0.326 e. The van der Waals surface area contributed by atoms with Crippen molar-refractivity contribution in [1.29, 1.82) is 0 Å². The number of urea groups is 1. The van der Waals surface area contributed by atoms with Gasteiger partial charge in [-0.3, -0.25) is 0 Å². The molecule has 92 valence electrons. The van der Waals surface area contributed by atoms with E-state index in [2.05, 4.69) is 5.32 Å². The van der Waals surface area contributed by atoms with Crippen LogP contribution in [-0.4, -0.2) is 41.1 Å². The number of carbonyl (C=O) groups is 2. The van der Waals surface area contributed by atoms with Crippen LogP contribution in [0.2, 0.25) is 0 Å². The molecule has 1 fully saturated rings. The largest absolute Gasteiger partial charge is 0.480 e. The van der Waals surface area contributed by atoms with Gasteiger partial charge in [-0.1, -0.05) is 19.8 Å². The lowest BCUT2D eigenvalue weighted by Gasteiger charge is -2.20. The molecular formula is C11H20N2O3. The molecule has 0 unspecified atom stereocenters. The summed E-state index contributed by atoms with van der Waals surface area (Å²) in [5.74, 6) is -0.953. The van der Waals surface area contributed by atoms with Crippen molar-refractivity contribution in [2.75, 3.05) is 7.05 Å². The zero-order valence-electron chi connectivity index (χ0n) is 9.90. The monoisotopic (exact) mass is 228 g/mol. The molecule has 0 bridgehead atoms. The predicted molar refractivity (Wildman–Crippen MR) is 60.3 cm³/mol. The maximum atomic E-state index is 11.7. The van der Waals surface area contributed by atoms with Gasteiger partial charge in [-0.25, -0.2) is 9.59 Å². The second kappa shape index (κ2) is 5.72. The Kier molecular flexibility index (Phi) is 4.58. The fourth-order valence-corrected chi connectivity index (χ4v) is 1.54. The summed E-state index contributed by atoms with van der Waals surface area (Å²) in [7, 11) is 1.71. The Morgan fingerprint density at radius 1 is 1.50 bits per heavy atom. The van der Waals surface area contributed by atoms with Gasteiger partial charge in [0, 0.05) is 13.1 Å². The average Bonchev–Trinajstić information content (AvgIpc) is 3.05. The van der Waals surface area contributed by atoms with Crippen molar-refractivity contribution in [3.8, 4) is 0 Å². The van der Waals surface area contributed by atoms with Gasteiger partial charge in [-0.15, -0.1) is 0 Å². The quantitative estimate of drug-likeness (QED) is 0.722. The lowest BCUT2D eigenvalue weighted by Crippen LogP contribution is -2.47. The van der Waals surface area contributed by atoms with Crippen LogP contribution in [0.5, 0.6) is 0 Å². The molecule has 16 heavy (non-hydrogen) atoms. The first-order chi connectivity index (χ1) is 7.56. The Balaban J connectivity index is 2.40. The summed E-state index contributed by atoms with van der Waals surface area (Å²) < 4.78 is 0. The van der Waals surface area contributed by atoms with Gasteiger partial charge < -0.3 is 15.3 Å². The summed E-state index contributed by atoms with van der Waals surface area (Å²) in [5.41, 5.74) is 0. The Labute approximate surface area is 95.8 Å². The first-order valence-electron chi connectivity index (χ1n) is 5.82. The van der Waals surface area contributed by atoms with Gasteiger partial charge in [0.15, 0.2) is 0 Å². The van der Waals surface area contributed by atoms with Crippen LogP contribution in [0.1, 0.15) is 39.0 Å². The summed E-state index contributed by atoms with van der Waals surface area (Å²) in [6.45, 7) is 2.00. The summed E-state index contributed by atoms with van der Waals surface area (Å²) >= 11 is 0. The van der Waals surface area contributed by atoms with Crippen molar-refractivity contribution in [3.63, 3.8) is 0 Å². The number of nitrogens with one attached hydrogen (secondary N) is 1. The van der Waals surface area contributed by atoms with Gasteiger partial charge in [-0.05, 0) is 19.3 Å². The van der Waals surface area contributed by atoms with Crippen LogP contribution in [0.15, 0.2) is 0 Å². The van der Waals surface area contributed by atoms with Crippen molar-refractivity contribution >= 4 is 12.0 Å². The van der Waals surface area contributed by atoms with E-state index in [1.165, 1.54) is 0 Å². The molecule has 2 amide bonds. The molecule has 2 N–H and O–H groups in total. The number of rotatable bonds is 6. The molecule has 0 radical (unpaired) electrons. The van der Waals surface area contributed by atoms with Crippen molar-refractivity contribution in [2.24, 2.45) is 0 Å². The Hall–Kier alpha value is -1.26.